The first-order valence-electron chi connectivity index (χ1n) is 9.39. The van der Waals surface area contributed by atoms with E-state index in [1.54, 1.807) is 24.3 Å². The molecule has 1 atom stereocenters. The third-order valence-corrected chi connectivity index (χ3v) is 6.94. The lowest BCUT2D eigenvalue weighted by atomic mass is 10.1. The van der Waals surface area contributed by atoms with Gasteiger partial charge in [0.1, 0.15) is 11.4 Å². The molecular formula is C21H17ClFN3O4S. The Balaban J connectivity index is 1.80. The molecule has 7 nitrogen and oxygen atoms in total. The molecule has 31 heavy (non-hydrogen) atoms. The summed E-state index contributed by atoms with van der Waals surface area (Å²) in [6.07, 6.45) is 0.279. The van der Waals surface area contributed by atoms with Gasteiger partial charge in [-0.3, -0.25) is 9.59 Å². The van der Waals surface area contributed by atoms with Crippen molar-refractivity contribution in [1.82, 2.24) is 15.1 Å². The second-order valence-corrected chi connectivity index (χ2v) is 9.89. The predicted octanol–water partition coefficient (Wildman–Crippen LogP) is 2.61. The number of nitrogens with one attached hydrogen (secondary N) is 1. The zero-order valence-corrected chi connectivity index (χ0v) is 17.7. The fourth-order valence-corrected chi connectivity index (χ4v) is 5.17. The maximum atomic E-state index is 13.8. The van der Waals surface area contributed by atoms with Gasteiger partial charge in [-0.25, -0.2) is 12.8 Å². The van der Waals surface area contributed by atoms with Crippen LogP contribution in [0.1, 0.15) is 16.8 Å². The first kappa shape index (κ1) is 21.2. The average molecular weight is 462 g/mol. The summed E-state index contributed by atoms with van der Waals surface area (Å²) in [6.45, 7) is 0. The second-order valence-electron chi connectivity index (χ2n) is 7.22. The van der Waals surface area contributed by atoms with Crippen LogP contribution in [0.4, 0.5) is 4.39 Å². The number of halogens is 2. The summed E-state index contributed by atoms with van der Waals surface area (Å²) in [4.78, 5) is 25.9. The molecular weight excluding hydrogens is 445 g/mol. The molecule has 0 spiro atoms. The van der Waals surface area contributed by atoms with E-state index in [2.05, 4.69) is 10.4 Å². The van der Waals surface area contributed by atoms with E-state index in [1.807, 2.05) is 0 Å². The fraction of sp³-hybridized carbons (Fsp3) is 0.190. The highest BCUT2D eigenvalue weighted by atomic mass is 35.5. The van der Waals surface area contributed by atoms with E-state index in [0.29, 0.717) is 16.3 Å². The molecule has 1 saturated heterocycles. The molecule has 2 heterocycles. The summed E-state index contributed by atoms with van der Waals surface area (Å²) in [6, 6.07) is 12.7. The van der Waals surface area contributed by atoms with Crippen molar-refractivity contribution in [3.05, 3.63) is 81.4 Å². The monoisotopic (exact) mass is 461 g/mol. The fourth-order valence-electron chi connectivity index (χ4n) is 3.37. The lowest BCUT2D eigenvalue weighted by Gasteiger charge is -2.13. The number of sulfone groups is 1. The quantitative estimate of drug-likeness (QED) is 0.644. The van der Waals surface area contributed by atoms with Crippen molar-refractivity contribution < 1.29 is 17.6 Å². The van der Waals surface area contributed by atoms with Crippen LogP contribution < -0.4 is 10.9 Å². The molecule has 0 aliphatic carbocycles. The Morgan fingerprint density at radius 3 is 2.55 bits per heavy atom. The number of rotatable bonds is 4. The van der Waals surface area contributed by atoms with Crippen LogP contribution in [0.25, 0.3) is 16.9 Å². The van der Waals surface area contributed by atoms with Crippen molar-refractivity contribution in [3.63, 3.8) is 0 Å². The van der Waals surface area contributed by atoms with Gasteiger partial charge in [-0.1, -0.05) is 29.8 Å². The van der Waals surface area contributed by atoms with Crippen LogP contribution in [-0.2, 0) is 9.84 Å². The van der Waals surface area contributed by atoms with E-state index < -0.39 is 33.2 Å². The largest absolute Gasteiger partial charge is 0.348 e. The van der Waals surface area contributed by atoms with Crippen molar-refractivity contribution in [2.24, 2.45) is 0 Å². The number of hydrogen-bond donors (Lipinski definition) is 1. The minimum atomic E-state index is -3.21. The van der Waals surface area contributed by atoms with Crippen LogP contribution in [0, 0.1) is 5.82 Å². The minimum Gasteiger partial charge on any atom is -0.348 e. The van der Waals surface area contributed by atoms with Gasteiger partial charge in [0, 0.05) is 16.6 Å². The molecule has 4 rings (SSSR count). The van der Waals surface area contributed by atoms with Crippen LogP contribution in [-0.4, -0.2) is 41.7 Å². The molecule has 0 radical (unpaired) electrons. The van der Waals surface area contributed by atoms with E-state index in [0.717, 1.165) is 10.7 Å². The van der Waals surface area contributed by atoms with Crippen molar-refractivity contribution in [2.45, 2.75) is 12.5 Å². The van der Waals surface area contributed by atoms with Gasteiger partial charge in [0.25, 0.3) is 11.5 Å². The van der Waals surface area contributed by atoms with Crippen LogP contribution in [0.5, 0.6) is 0 Å². The molecule has 2 aromatic carbocycles. The minimum absolute atomic E-state index is 0.0160. The van der Waals surface area contributed by atoms with Gasteiger partial charge in [-0.15, -0.1) is 0 Å². The summed E-state index contributed by atoms with van der Waals surface area (Å²) < 4.78 is 38.1. The molecule has 3 aromatic rings. The maximum absolute atomic E-state index is 13.8. The van der Waals surface area contributed by atoms with Gasteiger partial charge in [-0.05, 0) is 42.8 Å². The third-order valence-electron chi connectivity index (χ3n) is 4.92. The molecule has 0 unspecified atom stereocenters. The molecule has 0 saturated carbocycles. The highest BCUT2D eigenvalue weighted by molar-refractivity contribution is 7.91. The molecule has 1 amide bonds. The number of carbonyl (C=O) groups excluding carboxylic acids is 1. The summed E-state index contributed by atoms with van der Waals surface area (Å²) in [7, 11) is -3.21. The molecule has 0 bridgehead atoms. The number of carbonyl (C=O) groups is 1. The Hall–Kier alpha value is -3.04. The van der Waals surface area contributed by atoms with Gasteiger partial charge in [0.05, 0.1) is 22.9 Å². The van der Waals surface area contributed by atoms with Gasteiger partial charge in [-0.2, -0.15) is 9.78 Å². The van der Waals surface area contributed by atoms with Gasteiger partial charge in [0.15, 0.2) is 9.84 Å². The van der Waals surface area contributed by atoms with E-state index in [1.165, 1.54) is 24.3 Å². The Kier molecular flexibility index (Phi) is 5.63. The van der Waals surface area contributed by atoms with Crippen molar-refractivity contribution in [3.8, 4) is 16.9 Å². The summed E-state index contributed by atoms with van der Waals surface area (Å²) in [5, 5.41) is 7.42. The van der Waals surface area contributed by atoms with E-state index >= 15 is 0 Å². The summed E-state index contributed by atoms with van der Waals surface area (Å²) in [5.74, 6) is -1.47. The van der Waals surface area contributed by atoms with Gasteiger partial charge >= 0.3 is 0 Å². The van der Waals surface area contributed by atoms with Crippen LogP contribution in [0.2, 0.25) is 5.02 Å². The molecule has 160 valence electrons. The van der Waals surface area contributed by atoms with E-state index in [9.17, 15) is 22.4 Å². The number of nitrogens with zero attached hydrogens (tertiary/aromatic N) is 2. The summed E-state index contributed by atoms with van der Waals surface area (Å²) in [5.41, 5.74) is 0.0604. The molecule has 1 N–H and O–H groups in total. The van der Waals surface area contributed by atoms with Crippen molar-refractivity contribution in [1.29, 1.82) is 0 Å². The average Bonchev–Trinajstić information content (AvgIpc) is 3.07. The third kappa shape index (κ3) is 4.67. The van der Waals surface area contributed by atoms with Gasteiger partial charge < -0.3 is 5.32 Å². The van der Waals surface area contributed by atoms with Crippen LogP contribution >= 0.6 is 11.6 Å². The van der Waals surface area contributed by atoms with E-state index in [-0.39, 0.29) is 29.2 Å². The molecule has 1 aromatic heterocycles. The number of benzene rings is 2. The predicted molar refractivity (Wildman–Crippen MR) is 115 cm³/mol. The lowest BCUT2D eigenvalue weighted by Crippen LogP contribution is -2.40. The molecule has 1 fully saturated rings. The molecule has 10 heteroatoms. The zero-order valence-electron chi connectivity index (χ0n) is 16.1. The number of aromatic nitrogens is 2. The second kappa shape index (κ2) is 8.24. The Morgan fingerprint density at radius 1 is 1.16 bits per heavy atom. The standard InChI is InChI=1S/C21H17ClFN3O4S/c22-14-6-4-13(5-7-14)19-11-18(20(27)24-16-8-9-31(29,30)12-16)21(28)26(25-19)17-3-1-2-15(23)10-17/h1-7,10-11,16H,8-9,12H2,(H,24,27)/t16-/m1/s1. The maximum Gasteiger partial charge on any atom is 0.284 e. The highest BCUT2D eigenvalue weighted by Gasteiger charge is 2.30. The van der Waals surface area contributed by atoms with Crippen LogP contribution in [0.15, 0.2) is 59.4 Å². The van der Waals surface area contributed by atoms with E-state index in [4.69, 9.17) is 11.6 Å². The van der Waals surface area contributed by atoms with Crippen LogP contribution in [0.3, 0.4) is 0 Å². The Bertz CT molecular complexity index is 1320. The Labute approximate surface area is 182 Å². The Morgan fingerprint density at radius 2 is 1.90 bits per heavy atom. The normalized spacial score (nSPS) is 17.4. The molecule has 1 aliphatic heterocycles. The topological polar surface area (TPSA) is 98.1 Å². The zero-order chi connectivity index (χ0) is 22.2. The smallest absolute Gasteiger partial charge is 0.284 e. The van der Waals surface area contributed by atoms with Crippen molar-refractivity contribution in [2.75, 3.05) is 11.5 Å². The SMILES string of the molecule is O=C(N[C@@H]1CCS(=O)(=O)C1)c1cc(-c2ccc(Cl)cc2)nn(-c2cccc(F)c2)c1=O. The first-order valence-corrected chi connectivity index (χ1v) is 11.6. The number of amides is 1. The molecule has 1 aliphatic rings. The lowest BCUT2D eigenvalue weighted by molar-refractivity contribution is 0.0939. The first-order chi connectivity index (χ1) is 14.7. The highest BCUT2D eigenvalue weighted by Crippen LogP contribution is 2.21. The number of hydrogen-bond acceptors (Lipinski definition) is 5. The van der Waals surface area contributed by atoms with Crippen molar-refractivity contribution >= 4 is 27.3 Å². The summed E-state index contributed by atoms with van der Waals surface area (Å²) >= 11 is 5.94. The van der Waals surface area contributed by atoms with Gasteiger partial charge in [0.2, 0.25) is 0 Å².